The second-order valence-electron chi connectivity index (χ2n) is 5.80. The minimum absolute atomic E-state index is 0.665. The zero-order valence-corrected chi connectivity index (χ0v) is 13.8. The van der Waals surface area contributed by atoms with E-state index in [-0.39, 0.29) is 0 Å². The molecule has 4 heteroatoms. The molecule has 0 unspecified atom stereocenters. The second kappa shape index (κ2) is 6.70. The monoisotopic (exact) mass is 342 g/mol. The van der Waals surface area contributed by atoms with E-state index >= 15 is 0 Å². The summed E-state index contributed by atoms with van der Waals surface area (Å²) < 4.78 is 1.25. The van der Waals surface area contributed by atoms with Crippen molar-refractivity contribution in [1.82, 2.24) is 10.2 Å². The molecule has 1 atom stereocenters. The summed E-state index contributed by atoms with van der Waals surface area (Å²) in [6.07, 6.45) is 7.15. The van der Waals surface area contributed by atoms with Gasteiger partial charge < -0.3 is 5.32 Å². The molecule has 0 bridgehead atoms. The Kier molecular flexibility index (Phi) is 4.96. The van der Waals surface area contributed by atoms with Gasteiger partial charge in [0.2, 0.25) is 0 Å². The summed E-state index contributed by atoms with van der Waals surface area (Å²) in [5.74, 6) is 0.873. The summed E-state index contributed by atoms with van der Waals surface area (Å²) in [6, 6.07) is 3.02. The quantitative estimate of drug-likeness (QED) is 0.891. The molecule has 3 rings (SSSR count). The summed E-state index contributed by atoms with van der Waals surface area (Å²) in [4.78, 5) is 4.30. The number of nitrogens with zero attached hydrogens (tertiary/aromatic N) is 1. The maximum absolute atomic E-state index is 3.63. The highest BCUT2D eigenvalue weighted by molar-refractivity contribution is 9.10. The fourth-order valence-corrected chi connectivity index (χ4v) is 5.28. The van der Waals surface area contributed by atoms with Gasteiger partial charge in [-0.25, -0.2) is 0 Å². The largest absolute Gasteiger partial charge is 0.314 e. The number of nitrogens with one attached hydrogen (secondary N) is 1. The highest BCUT2D eigenvalue weighted by Gasteiger charge is 2.31. The van der Waals surface area contributed by atoms with Crippen LogP contribution in [-0.4, -0.2) is 31.1 Å². The number of rotatable bonds is 3. The predicted octanol–water partition coefficient (Wildman–Crippen LogP) is 4.04. The first-order chi connectivity index (χ1) is 9.34. The van der Waals surface area contributed by atoms with Crippen molar-refractivity contribution in [2.24, 2.45) is 5.92 Å². The first-order valence-corrected chi connectivity index (χ1v) is 9.20. The minimum Gasteiger partial charge on any atom is -0.314 e. The lowest BCUT2D eigenvalue weighted by Gasteiger charge is -2.40. The molecule has 0 spiro atoms. The molecule has 1 aromatic heterocycles. The highest BCUT2D eigenvalue weighted by atomic mass is 79.9. The average molecular weight is 343 g/mol. The van der Waals surface area contributed by atoms with E-state index in [9.17, 15) is 0 Å². The predicted molar refractivity (Wildman–Crippen MR) is 85.8 cm³/mol. The van der Waals surface area contributed by atoms with Gasteiger partial charge in [0.05, 0.1) is 0 Å². The van der Waals surface area contributed by atoms with E-state index in [4.69, 9.17) is 0 Å². The first-order valence-electron chi connectivity index (χ1n) is 7.53. The minimum atomic E-state index is 0.665. The molecular weight excluding hydrogens is 320 g/mol. The molecular formula is C15H23BrN2S. The van der Waals surface area contributed by atoms with E-state index in [0.29, 0.717) is 6.04 Å². The number of hydrogen-bond donors (Lipinski definition) is 1. The molecule has 19 heavy (non-hydrogen) atoms. The molecule has 1 saturated heterocycles. The van der Waals surface area contributed by atoms with Crippen LogP contribution in [0.25, 0.3) is 0 Å². The van der Waals surface area contributed by atoms with Crippen LogP contribution < -0.4 is 5.32 Å². The van der Waals surface area contributed by atoms with Gasteiger partial charge in [0.1, 0.15) is 0 Å². The zero-order valence-electron chi connectivity index (χ0n) is 11.4. The molecule has 1 aliphatic carbocycles. The van der Waals surface area contributed by atoms with E-state index in [1.165, 1.54) is 49.7 Å². The Balaban J connectivity index is 1.81. The Bertz CT molecular complexity index is 377. The van der Waals surface area contributed by atoms with Gasteiger partial charge >= 0.3 is 0 Å². The third kappa shape index (κ3) is 3.41. The Morgan fingerprint density at radius 3 is 2.58 bits per heavy atom. The summed E-state index contributed by atoms with van der Waals surface area (Å²) in [5.41, 5.74) is 0. The third-order valence-corrected chi connectivity index (χ3v) is 6.28. The maximum atomic E-state index is 3.63. The molecule has 2 nitrogen and oxygen atoms in total. The molecule has 2 heterocycles. The van der Waals surface area contributed by atoms with Crippen molar-refractivity contribution in [2.75, 3.05) is 26.2 Å². The van der Waals surface area contributed by atoms with E-state index in [2.05, 4.69) is 37.6 Å². The molecule has 1 aromatic rings. The fourth-order valence-electron chi connectivity index (χ4n) is 3.60. The van der Waals surface area contributed by atoms with E-state index < -0.39 is 0 Å². The molecule has 1 N–H and O–H groups in total. The van der Waals surface area contributed by atoms with Crippen LogP contribution >= 0.6 is 27.3 Å². The average Bonchev–Trinajstić information content (AvgIpc) is 2.88. The van der Waals surface area contributed by atoms with Gasteiger partial charge in [-0.3, -0.25) is 4.90 Å². The van der Waals surface area contributed by atoms with Gasteiger partial charge in [0.15, 0.2) is 0 Å². The standard InChI is InChI=1S/C15H23BrN2S/c16-13-10-14(19-11-13)15(12-4-2-1-3-5-12)18-8-6-17-7-9-18/h10-12,15,17H,1-9H2/t15-/m1/s1. The van der Waals surface area contributed by atoms with Gasteiger partial charge in [-0.05, 0) is 40.8 Å². The van der Waals surface area contributed by atoms with Crippen LogP contribution in [0.3, 0.4) is 0 Å². The van der Waals surface area contributed by atoms with Gasteiger partial charge in [-0.1, -0.05) is 19.3 Å². The van der Waals surface area contributed by atoms with Gasteiger partial charge in [0, 0.05) is 47.0 Å². The zero-order chi connectivity index (χ0) is 13.1. The maximum Gasteiger partial charge on any atom is 0.0471 e. The highest BCUT2D eigenvalue weighted by Crippen LogP contribution is 2.41. The summed E-state index contributed by atoms with van der Waals surface area (Å²) in [6.45, 7) is 4.71. The van der Waals surface area contributed by atoms with Crippen LogP contribution in [0.5, 0.6) is 0 Å². The molecule has 1 aliphatic heterocycles. The van der Waals surface area contributed by atoms with Gasteiger partial charge in [-0.15, -0.1) is 11.3 Å². The number of hydrogen-bond acceptors (Lipinski definition) is 3. The van der Waals surface area contributed by atoms with Crippen LogP contribution in [0.15, 0.2) is 15.9 Å². The van der Waals surface area contributed by atoms with Gasteiger partial charge in [-0.2, -0.15) is 0 Å². The van der Waals surface area contributed by atoms with Crippen LogP contribution in [0.4, 0.5) is 0 Å². The van der Waals surface area contributed by atoms with Crippen molar-refractivity contribution in [1.29, 1.82) is 0 Å². The lowest BCUT2D eigenvalue weighted by molar-refractivity contribution is 0.106. The summed E-state index contributed by atoms with van der Waals surface area (Å²) >= 11 is 5.56. The van der Waals surface area contributed by atoms with E-state index in [0.717, 1.165) is 19.0 Å². The molecule has 1 saturated carbocycles. The number of piperazine rings is 1. The smallest absolute Gasteiger partial charge is 0.0471 e. The Morgan fingerprint density at radius 1 is 1.21 bits per heavy atom. The third-order valence-electron chi connectivity index (χ3n) is 4.52. The number of thiophene rings is 1. The van der Waals surface area contributed by atoms with Crippen LogP contribution in [0.1, 0.15) is 43.0 Å². The Labute approximate surface area is 128 Å². The Hall–Kier alpha value is 0.1000. The molecule has 2 aliphatic rings. The van der Waals surface area contributed by atoms with Crippen molar-refractivity contribution in [3.05, 3.63) is 20.8 Å². The molecule has 106 valence electrons. The van der Waals surface area contributed by atoms with Crippen LogP contribution in [0, 0.1) is 5.92 Å². The van der Waals surface area contributed by atoms with Crippen LogP contribution in [-0.2, 0) is 0 Å². The Morgan fingerprint density at radius 2 is 1.95 bits per heavy atom. The van der Waals surface area contributed by atoms with Crippen molar-refractivity contribution in [3.63, 3.8) is 0 Å². The van der Waals surface area contributed by atoms with Gasteiger partial charge in [0.25, 0.3) is 0 Å². The second-order valence-corrected chi connectivity index (χ2v) is 7.65. The molecule has 0 radical (unpaired) electrons. The van der Waals surface area contributed by atoms with Crippen molar-refractivity contribution in [3.8, 4) is 0 Å². The summed E-state index contributed by atoms with van der Waals surface area (Å²) in [5, 5.41) is 5.73. The van der Waals surface area contributed by atoms with Crippen LogP contribution in [0.2, 0.25) is 0 Å². The topological polar surface area (TPSA) is 15.3 Å². The fraction of sp³-hybridized carbons (Fsp3) is 0.733. The molecule has 0 aromatic carbocycles. The van der Waals surface area contributed by atoms with E-state index in [1.54, 1.807) is 4.88 Å². The van der Waals surface area contributed by atoms with Crippen molar-refractivity contribution >= 4 is 27.3 Å². The first kappa shape index (κ1) is 14.1. The van der Waals surface area contributed by atoms with Crippen molar-refractivity contribution in [2.45, 2.75) is 38.1 Å². The molecule has 2 fully saturated rings. The summed E-state index contributed by atoms with van der Waals surface area (Å²) in [7, 11) is 0. The molecule has 0 amide bonds. The lowest BCUT2D eigenvalue weighted by atomic mass is 9.82. The van der Waals surface area contributed by atoms with E-state index in [1.807, 2.05) is 11.3 Å². The lowest BCUT2D eigenvalue weighted by Crippen LogP contribution is -2.47. The number of halogens is 1. The normalized spacial score (nSPS) is 24.5. The van der Waals surface area contributed by atoms with Crippen molar-refractivity contribution < 1.29 is 0 Å². The SMILES string of the molecule is Brc1csc([C@@H](C2CCCCC2)N2CCNCC2)c1.